The Labute approximate surface area is 129 Å². The minimum atomic E-state index is 0.0458. The van der Waals surface area contributed by atoms with E-state index >= 15 is 0 Å². The summed E-state index contributed by atoms with van der Waals surface area (Å²) in [6.07, 6.45) is 0.264. The van der Waals surface area contributed by atoms with Gasteiger partial charge in [0.05, 0.1) is 0 Å². The molecular weight excluding hydrogens is 291 g/mol. The summed E-state index contributed by atoms with van der Waals surface area (Å²) >= 11 is 12.0. The summed E-state index contributed by atoms with van der Waals surface area (Å²) in [6.45, 7) is 4.26. The third-order valence-corrected chi connectivity index (χ3v) is 3.86. The van der Waals surface area contributed by atoms with Crippen molar-refractivity contribution >= 4 is 29.0 Å². The maximum Gasteiger partial charge on any atom is 0.167 e. The summed E-state index contributed by atoms with van der Waals surface area (Å²) in [5.74, 6) is 0.506. The average Bonchev–Trinajstić information content (AvgIpc) is 2.43. The van der Waals surface area contributed by atoms with E-state index in [9.17, 15) is 4.79 Å². The zero-order valence-corrected chi connectivity index (χ0v) is 13.0. The Morgan fingerprint density at radius 1 is 1.05 bits per heavy atom. The minimum Gasteiger partial charge on any atom is -0.294 e. The van der Waals surface area contributed by atoms with Crippen LogP contribution in [0.2, 0.25) is 10.0 Å². The Balaban J connectivity index is 2.17. The maximum atomic E-state index is 12.3. The fraction of sp³-hybridized carbons (Fsp3) is 0.235. The third-order valence-electron chi connectivity index (χ3n) is 3.26. The van der Waals surface area contributed by atoms with Crippen molar-refractivity contribution in [3.8, 4) is 0 Å². The maximum absolute atomic E-state index is 12.3. The van der Waals surface area contributed by atoms with Crippen LogP contribution in [0.4, 0.5) is 0 Å². The molecular formula is C17H16Cl2O. The first kappa shape index (κ1) is 15.1. The quantitative estimate of drug-likeness (QED) is 0.678. The molecule has 0 atom stereocenters. The lowest BCUT2D eigenvalue weighted by Gasteiger charge is -2.07. The van der Waals surface area contributed by atoms with Crippen molar-refractivity contribution < 1.29 is 4.79 Å². The number of hydrogen-bond donors (Lipinski definition) is 0. The normalized spacial score (nSPS) is 10.8. The molecule has 0 N–H and O–H groups in total. The highest BCUT2D eigenvalue weighted by molar-refractivity contribution is 6.33. The van der Waals surface area contributed by atoms with E-state index in [4.69, 9.17) is 23.2 Å². The van der Waals surface area contributed by atoms with Crippen molar-refractivity contribution in [2.75, 3.05) is 0 Å². The number of rotatable bonds is 4. The van der Waals surface area contributed by atoms with Crippen LogP contribution in [0.1, 0.15) is 41.3 Å². The van der Waals surface area contributed by atoms with Gasteiger partial charge in [-0.15, -0.1) is 0 Å². The average molecular weight is 307 g/mol. The molecule has 0 aliphatic rings. The second-order valence-electron chi connectivity index (χ2n) is 5.11. The number of carbonyl (C=O) groups is 1. The van der Waals surface area contributed by atoms with Crippen LogP contribution < -0.4 is 0 Å². The van der Waals surface area contributed by atoms with E-state index < -0.39 is 0 Å². The smallest absolute Gasteiger partial charge is 0.167 e. The highest BCUT2D eigenvalue weighted by Gasteiger charge is 2.10. The van der Waals surface area contributed by atoms with Gasteiger partial charge < -0.3 is 0 Å². The highest BCUT2D eigenvalue weighted by Crippen LogP contribution is 2.22. The fourth-order valence-electron chi connectivity index (χ4n) is 2.01. The zero-order valence-electron chi connectivity index (χ0n) is 11.5. The molecule has 2 aromatic carbocycles. The van der Waals surface area contributed by atoms with E-state index in [0.29, 0.717) is 21.5 Å². The SMILES string of the molecule is CC(C)c1ccc(C(=O)Cc2cc(Cl)ccc2Cl)cc1. The zero-order chi connectivity index (χ0) is 14.7. The van der Waals surface area contributed by atoms with Gasteiger partial charge in [0, 0.05) is 22.0 Å². The molecule has 2 rings (SSSR count). The Morgan fingerprint density at radius 3 is 2.30 bits per heavy atom. The van der Waals surface area contributed by atoms with E-state index in [1.54, 1.807) is 18.2 Å². The van der Waals surface area contributed by atoms with Crippen molar-refractivity contribution in [3.63, 3.8) is 0 Å². The van der Waals surface area contributed by atoms with Gasteiger partial charge in [-0.25, -0.2) is 0 Å². The second kappa shape index (κ2) is 6.43. The largest absolute Gasteiger partial charge is 0.294 e. The van der Waals surface area contributed by atoms with E-state index in [2.05, 4.69) is 13.8 Å². The van der Waals surface area contributed by atoms with E-state index in [1.807, 2.05) is 24.3 Å². The van der Waals surface area contributed by atoms with Crippen LogP contribution in [0.15, 0.2) is 42.5 Å². The molecule has 0 saturated heterocycles. The van der Waals surface area contributed by atoms with Crippen LogP contribution in [0.5, 0.6) is 0 Å². The van der Waals surface area contributed by atoms with Crippen LogP contribution in [-0.4, -0.2) is 5.78 Å². The third kappa shape index (κ3) is 3.62. The molecule has 2 aromatic rings. The van der Waals surface area contributed by atoms with Crippen molar-refractivity contribution in [2.45, 2.75) is 26.2 Å². The van der Waals surface area contributed by atoms with Crippen LogP contribution in [-0.2, 0) is 6.42 Å². The van der Waals surface area contributed by atoms with E-state index in [0.717, 1.165) is 5.56 Å². The van der Waals surface area contributed by atoms with Gasteiger partial charge in [0.15, 0.2) is 5.78 Å². The molecule has 0 spiro atoms. The monoisotopic (exact) mass is 306 g/mol. The summed E-state index contributed by atoms with van der Waals surface area (Å²) in [6, 6.07) is 12.9. The molecule has 0 heterocycles. The number of hydrogen-bond acceptors (Lipinski definition) is 1. The summed E-state index contributed by atoms with van der Waals surface area (Å²) in [5, 5.41) is 1.16. The van der Waals surface area contributed by atoms with Gasteiger partial charge in [-0.2, -0.15) is 0 Å². The number of benzene rings is 2. The Morgan fingerprint density at radius 2 is 1.70 bits per heavy atom. The van der Waals surface area contributed by atoms with Crippen LogP contribution in [0, 0.1) is 0 Å². The first-order valence-corrected chi connectivity index (χ1v) is 7.30. The molecule has 1 nitrogen and oxygen atoms in total. The Kier molecular flexibility index (Phi) is 4.85. The van der Waals surface area contributed by atoms with Gasteiger partial charge in [0.1, 0.15) is 0 Å². The lowest BCUT2D eigenvalue weighted by Crippen LogP contribution is -2.04. The molecule has 0 fully saturated rings. The molecule has 0 bridgehead atoms. The molecule has 0 saturated carbocycles. The molecule has 0 amide bonds. The van der Waals surface area contributed by atoms with Crippen molar-refractivity contribution in [3.05, 3.63) is 69.2 Å². The van der Waals surface area contributed by atoms with Gasteiger partial charge in [-0.05, 0) is 35.2 Å². The first-order chi connectivity index (χ1) is 9.47. The predicted octanol–water partition coefficient (Wildman–Crippen LogP) is 5.54. The predicted molar refractivity (Wildman–Crippen MR) is 85.0 cm³/mol. The molecule has 20 heavy (non-hydrogen) atoms. The highest BCUT2D eigenvalue weighted by atomic mass is 35.5. The molecule has 0 radical (unpaired) electrons. The number of carbonyl (C=O) groups excluding carboxylic acids is 1. The summed E-state index contributed by atoms with van der Waals surface area (Å²) in [5.41, 5.74) is 2.69. The Bertz CT molecular complexity index is 615. The molecule has 0 unspecified atom stereocenters. The van der Waals surface area contributed by atoms with E-state index in [1.165, 1.54) is 5.56 Å². The number of Topliss-reactive ketones (excluding diaryl/α,β-unsaturated/α-hetero) is 1. The van der Waals surface area contributed by atoms with E-state index in [-0.39, 0.29) is 12.2 Å². The van der Waals surface area contributed by atoms with Gasteiger partial charge in [-0.3, -0.25) is 4.79 Å². The first-order valence-electron chi connectivity index (χ1n) is 6.54. The van der Waals surface area contributed by atoms with Crippen molar-refractivity contribution in [2.24, 2.45) is 0 Å². The lowest BCUT2D eigenvalue weighted by molar-refractivity contribution is 0.0993. The summed E-state index contributed by atoms with van der Waals surface area (Å²) in [4.78, 5) is 12.3. The summed E-state index contributed by atoms with van der Waals surface area (Å²) in [7, 11) is 0. The Hall–Kier alpha value is -1.31. The summed E-state index contributed by atoms with van der Waals surface area (Å²) < 4.78 is 0. The second-order valence-corrected chi connectivity index (χ2v) is 5.96. The van der Waals surface area contributed by atoms with Gasteiger partial charge >= 0.3 is 0 Å². The lowest BCUT2D eigenvalue weighted by atomic mass is 9.98. The van der Waals surface area contributed by atoms with Crippen LogP contribution in [0.3, 0.4) is 0 Å². The number of halogens is 2. The molecule has 0 aliphatic heterocycles. The topological polar surface area (TPSA) is 17.1 Å². The van der Waals surface area contributed by atoms with Crippen molar-refractivity contribution in [1.29, 1.82) is 0 Å². The minimum absolute atomic E-state index is 0.0458. The van der Waals surface area contributed by atoms with Crippen molar-refractivity contribution in [1.82, 2.24) is 0 Å². The molecule has 0 aromatic heterocycles. The number of ketones is 1. The van der Waals surface area contributed by atoms with Gasteiger partial charge in [-0.1, -0.05) is 61.3 Å². The fourth-order valence-corrected chi connectivity index (χ4v) is 2.39. The molecule has 0 aliphatic carbocycles. The standard InChI is InChI=1S/C17H16Cl2O/c1-11(2)12-3-5-13(6-4-12)17(20)10-14-9-15(18)7-8-16(14)19/h3-9,11H,10H2,1-2H3. The van der Waals surface area contributed by atoms with Gasteiger partial charge in [0.2, 0.25) is 0 Å². The van der Waals surface area contributed by atoms with Crippen LogP contribution >= 0.6 is 23.2 Å². The van der Waals surface area contributed by atoms with Crippen LogP contribution in [0.25, 0.3) is 0 Å². The molecule has 104 valence electrons. The molecule has 3 heteroatoms. The van der Waals surface area contributed by atoms with Gasteiger partial charge in [0.25, 0.3) is 0 Å².